The summed E-state index contributed by atoms with van der Waals surface area (Å²) in [5, 5.41) is 15.2. The standard InChI is InChI=1S/C20H28N2O2/c1-17-3-5-19(6-4-17)16-24-20-9-7-18(8-10-20)15-22-12-2-11-21-13-14-23/h3-10,21-23H,2,11-16H2,1H3. The molecule has 0 bridgehead atoms. The van der Waals surface area contributed by atoms with Crippen molar-refractivity contribution in [2.24, 2.45) is 0 Å². The number of hydrogen-bond donors (Lipinski definition) is 3. The number of rotatable bonds is 11. The molecule has 0 spiro atoms. The molecule has 0 atom stereocenters. The zero-order valence-electron chi connectivity index (χ0n) is 14.4. The van der Waals surface area contributed by atoms with Gasteiger partial charge in [0.05, 0.1) is 6.61 Å². The Morgan fingerprint density at radius 1 is 0.833 bits per heavy atom. The molecule has 0 saturated heterocycles. The van der Waals surface area contributed by atoms with Crippen molar-refractivity contribution in [3.05, 3.63) is 65.2 Å². The fraction of sp³-hybridized carbons (Fsp3) is 0.400. The largest absolute Gasteiger partial charge is 0.489 e. The summed E-state index contributed by atoms with van der Waals surface area (Å²) in [5.41, 5.74) is 3.70. The monoisotopic (exact) mass is 328 g/mol. The summed E-state index contributed by atoms with van der Waals surface area (Å²) in [6.45, 7) is 6.30. The van der Waals surface area contributed by atoms with Gasteiger partial charge in [0.1, 0.15) is 12.4 Å². The number of aliphatic hydroxyl groups excluding tert-OH is 1. The van der Waals surface area contributed by atoms with Gasteiger partial charge in [-0.2, -0.15) is 0 Å². The smallest absolute Gasteiger partial charge is 0.119 e. The van der Waals surface area contributed by atoms with Gasteiger partial charge in [0, 0.05) is 13.1 Å². The van der Waals surface area contributed by atoms with E-state index in [0.29, 0.717) is 13.2 Å². The average molecular weight is 328 g/mol. The Bertz CT molecular complexity index is 567. The van der Waals surface area contributed by atoms with Crippen molar-refractivity contribution in [3.63, 3.8) is 0 Å². The van der Waals surface area contributed by atoms with Crippen LogP contribution in [-0.2, 0) is 13.2 Å². The molecule has 0 fully saturated rings. The lowest BCUT2D eigenvalue weighted by Gasteiger charge is -2.09. The molecule has 0 aliphatic heterocycles. The zero-order valence-corrected chi connectivity index (χ0v) is 14.4. The Balaban J connectivity index is 1.64. The van der Waals surface area contributed by atoms with Crippen LogP contribution in [0, 0.1) is 6.92 Å². The molecule has 3 N–H and O–H groups in total. The van der Waals surface area contributed by atoms with Gasteiger partial charge in [-0.05, 0) is 49.7 Å². The highest BCUT2D eigenvalue weighted by Gasteiger charge is 1.98. The van der Waals surface area contributed by atoms with E-state index in [1.165, 1.54) is 16.7 Å². The average Bonchev–Trinajstić information content (AvgIpc) is 2.61. The first kappa shape index (κ1) is 18.5. The predicted octanol–water partition coefficient (Wildman–Crippen LogP) is 2.64. The number of ether oxygens (including phenoxy) is 1. The zero-order chi connectivity index (χ0) is 17.0. The van der Waals surface area contributed by atoms with Gasteiger partial charge in [0.15, 0.2) is 0 Å². The van der Waals surface area contributed by atoms with Gasteiger partial charge in [-0.3, -0.25) is 0 Å². The van der Waals surface area contributed by atoms with E-state index in [-0.39, 0.29) is 6.61 Å². The first-order chi connectivity index (χ1) is 11.8. The Hall–Kier alpha value is -1.88. The SMILES string of the molecule is Cc1ccc(COc2ccc(CNCCCNCCO)cc2)cc1. The van der Waals surface area contributed by atoms with Crippen LogP contribution >= 0.6 is 0 Å². The van der Waals surface area contributed by atoms with Crippen LogP contribution in [0.25, 0.3) is 0 Å². The second kappa shape index (κ2) is 10.8. The van der Waals surface area contributed by atoms with Crippen LogP contribution in [0.15, 0.2) is 48.5 Å². The maximum atomic E-state index is 8.67. The molecule has 24 heavy (non-hydrogen) atoms. The first-order valence-corrected chi connectivity index (χ1v) is 8.57. The van der Waals surface area contributed by atoms with Crippen LogP contribution in [0.1, 0.15) is 23.1 Å². The van der Waals surface area contributed by atoms with E-state index in [2.05, 4.69) is 54.0 Å². The van der Waals surface area contributed by atoms with Crippen LogP contribution in [0.5, 0.6) is 5.75 Å². The molecule has 0 aliphatic rings. The van der Waals surface area contributed by atoms with E-state index >= 15 is 0 Å². The second-order valence-electron chi connectivity index (χ2n) is 5.92. The highest BCUT2D eigenvalue weighted by Crippen LogP contribution is 2.14. The van der Waals surface area contributed by atoms with Crippen molar-refractivity contribution in [3.8, 4) is 5.75 Å². The normalized spacial score (nSPS) is 10.8. The lowest BCUT2D eigenvalue weighted by molar-refractivity contribution is 0.292. The molecule has 4 nitrogen and oxygen atoms in total. The van der Waals surface area contributed by atoms with Crippen molar-refractivity contribution >= 4 is 0 Å². The number of aliphatic hydroxyl groups is 1. The van der Waals surface area contributed by atoms with E-state index in [4.69, 9.17) is 9.84 Å². The van der Waals surface area contributed by atoms with Crippen molar-refractivity contribution in [2.75, 3.05) is 26.2 Å². The lowest BCUT2D eigenvalue weighted by Crippen LogP contribution is -2.23. The van der Waals surface area contributed by atoms with Crippen molar-refractivity contribution < 1.29 is 9.84 Å². The van der Waals surface area contributed by atoms with E-state index in [9.17, 15) is 0 Å². The molecular formula is C20H28N2O2. The minimum atomic E-state index is 0.200. The molecule has 0 amide bonds. The van der Waals surface area contributed by atoms with Crippen LogP contribution in [-0.4, -0.2) is 31.3 Å². The van der Waals surface area contributed by atoms with Gasteiger partial charge in [-0.25, -0.2) is 0 Å². The molecule has 2 aromatic carbocycles. The Morgan fingerprint density at radius 2 is 1.50 bits per heavy atom. The van der Waals surface area contributed by atoms with Gasteiger partial charge in [-0.15, -0.1) is 0 Å². The van der Waals surface area contributed by atoms with Gasteiger partial charge < -0.3 is 20.5 Å². The summed E-state index contributed by atoms with van der Waals surface area (Å²) in [6, 6.07) is 16.6. The van der Waals surface area contributed by atoms with Gasteiger partial charge >= 0.3 is 0 Å². The fourth-order valence-electron chi connectivity index (χ4n) is 2.33. The van der Waals surface area contributed by atoms with E-state index < -0.39 is 0 Å². The third kappa shape index (κ3) is 7.13. The quantitative estimate of drug-likeness (QED) is 0.555. The van der Waals surface area contributed by atoms with Crippen molar-refractivity contribution in [2.45, 2.75) is 26.5 Å². The Morgan fingerprint density at radius 3 is 2.21 bits per heavy atom. The minimum Gasteiger partial charge on any atom is -0.489 e. The highest BCUT2D eigenvalue weighted by molar-refractivity contribution is 5.28. The molecule has 4 heteroatoms. The summed E-state index contributed by atoms with van der Waals surface area (Å²) >= 11 is 0. The summed E-state index contributed by atoms with van der Waals surface area (Å²) in [7, 11) is 0. The molecule has 0 radical (unpaired) electrons. The first-order valence-electron chi connectivity index (χ1n) is 8.57. The van der Waals surface area contributed by atoms with Crippen molar-refractivity contribution in [1.29, 1.82) is 0 Å². The molecule has 0 aliphatic carbocycles. The minimum absolute atomic E-state index is 0.200. The molecule has 0 heterocycles. The fourth-order valence-corrected chi connectivity index (χ4v) is 2.33. The predicted molar refractivity (Wildman–Crippen MR) is 98.2 cm³/mol. The van der Waals surface area contributed by atoms with Gasteiger partial charge in [0.25, 0.3) is 0 Å². The third-order valence-electron chi connectivity index (χ3n) is 3.77. The summed E-state index contributed by atoms with van der Waals surface area (Å²) < 4.78 is 5.82. The summed E-state index contributed by atoms with van der Waals surface area (Å²) in [6.07, 6.45) is 1.05. The maximum absolute atomic E-state index is 8.67. The maximum Gasteiger partial charge on any atom is 0.119 e. The van der Waals surface area contributed by atoms with Gasteiger partial charge in [-0.1, -0.05) is 42.0 Å². The molecular weight excluding hydrogens is 300 g/mol. The number of aryl methyl sites for hydroxylation is 1. The summed E-state index contributed by atoms with van der Waals surface area (Å²) in [5.74, 6) is 0.896. The van der Waals surface area contributed by atoms with Crippen LogP contribution in [0.4, 0.5) is 0 Å². The molecule has 2 aromatic rings. The van der Waals surface area contributed by atoms with Crippen LogP contribution in [0.3, 0.4) is 0 Å². The topological polar surface area (TPSA) is 53.5 Å². The molecule has 0 saturated carbocycles. The number of benzene rings is 2. The summed E-state index contributed by atoms with van der Waals surface area (Å²) in [4.78, 5) is 0. The van der Waals surface area contributed by atoms with Crippen molar-refractivity contribution in [1.82, 2.24) is 10.6 Å². The van der Waals surface area contributed by atoms with E-state index in [0.717, 1.165) is 31.8 Å². The highest BCUT2D eigenvalue weighted by atomic mass is 16.5. The number of hydrogen-bond acceptors (Lipinski definition) is 4. The Kier molecular flexibility index (Phi) is 8.32. The van der Waals surface area contributed by atoms with E-state index in [1.807, 2.05) is 12.1 Å². The second-order valence-corrected chi connectivity index (χ2v) is 5.92. The van der Waals surface area contributed by atoms with Gasteiger partial charge in [0.2, 0.25) is 0 Å². The van der Waals surface area contributed by atoms with Crippen LogP contribution in [0.2, 0.25) is 0 Å². The molecule has 0 unspecified atom stereocenters. The number of nitrogens with one attached hydrogen (secondary N) is 2. The van der Waals surface area contributed by atoms with Crippen LogP contribution < -0.4 is 15.4 Å². The van der Waals surface area contributed by atoms with E-state index in [1.54, 1.807) is 0 Å². The molecule has 130 valence electrons. The third-order valence-corrected chi connectivity index (χ3v) is 3.77. The molecule has 2 rings (SSSR count). The molecule has 0 aromatic heterocycles. The Labute approximate surface area is 144 Å². The lowest BCUT2D eigenvalue weighted by atomic mass is 10.2.